The standard InChI is InChI=1S/C17H19ClN2O2.ClHO4/c1-11-9-14(10-15(21)22-4)20(3)17(11)16(19-2)12-5-7-13(18)8-6-12;2-1(3,4)5/h5-9H,10H2,1-4H3;(H,2,3,4,5). The third-order valence-electron chi connectivity index (χ3n) is 3.64. The number of benzene rings is 1. The third kappa shape index (κ3) is 7.30. The Morgan fingerprint density at radius 3 is 2.26 bits per heavy atom. The first-order valence-electron chi connectivity index (χ1n) is 7.56. The molecule has 1 N–H and O–H groups in total. The number of esters is 1. The second-order valence-corrected chi connectivity index (χ2v) is 6.68. The SMILES string of the molecule is CN=C(c1ccc(Cl)cc1)c1c(C)cc(CC(=O)OC)n1C.[O-][Cl+3]([O-])([O-])O. The molecule has 27 heavy (non-hydrogen) atoms. The number of methoxy groups -OCH3 is 1. The van der Waals surface area contributed by atoms with Crippen LogP contribution in [-0.2, 0) is 23.0 Å². The van der Waals surface area contributed by atoms with Gasteiger partial charge in [0.25, 0.3) is 0 Å². The summed E-state index contributed by atoms with van der Waals surface area (Å²) in [5, 5.41) is 0.689. The predicted molar refractivity (Wildman–Crippen MR) is 91.1 cm³/mol. The van der Waals surface area contributed by atoms with E-state index in [2.05, 4.69) is 4.99 Å². The van der Waals surface area contributed by atoms with E-state index in [1.165, 1.54) is 7.11 Å². The number of hydrogen-bond donors (Lipinski definition) is 1. The number of carbonyl (C=O) groups is 1. The first-order valence-corrected chi connectivity index (χ1v) is 9.20. The molecule has 1 aromatic carbocycles. The molecule has 0 unspecified atom stereocenters. The van der Waals surface area contributed by atoms with Gasteiger partial charge in [0, 0.05) is 30.4 Å². The fourth-order valence-corrected chi connectivity index (χ4v) is 2.66. The monoisotopic (exact) mass is 418 g/mol. The van der Waals surface area contributed by atoms with Gasteiger partial charge in [0.15, 0.2) is 0 Å². The summed E-state index contributed by atoms with van der Waals surface area (Å²) >= 11 is 5.95. The zero-order valence-electron chi connectivity index (χ0n) is 15.2. The van der Waals surface area contributed by atoms with Gasteiger partial charge in [0.1, 0.15) is 0 Å². The summed E-state index contributed by atoms with van der Waals surface area (Å²) in [6, 6.07) is 9.56. The summed E-state index contributed by atoms with van der Waals surface area (Å²) in [7, 11) is 0.393. The van der Waals surface area contributed by atoms with Crippen LogP contribution in [0.2, 0.25) is 5.02 Å². The van der Waals surface area contributed by atoms with Gasteiger partial charge in [-0.15, -0.1) is 0 Å². The molecule has 1 heterocycles. The molecule has 148 valence electrons. The van der Waals surface area contributed by atoms with E-state index >= 15 is 0 Å². The molecule has 0 radical (unpaired) electrons. The van der Waals surface area contributed by atoms with Crippen molar-refractivity contribution in [3.8, 4) is 0 Å². The molecule has 0 atom stereocenters. The van der Waals surface area contributed by atoms with Crippen LogP contribution in [0.1, 0.15) is 22.5 Å². The Bertz CT molecular complexity index is 804. The molecule has 0 aliphatic heterocycles. The first-order chi connectivity index (χ1) is 12.5. The van der Waals surface area contributed by atoms with E-state index in [9.17, 15) is 4.79 Å². The van der Waals surface area contributed by atoms with Gasteiger partial charge in [-0.3, -0.25) is 9.79 Å². The van der Waals surface area contributed by atoms with Crippen molar-refractivity contribution in [3.05, 3.63) is 57.9 Å². The molecule has 1 aromatic heterocycles. The molecule has 0 fully saturated rings. The average molecular weight is 419 g/mol. The zero-order chi connectivity index (χ0) is 20.8. The molecule has 2 rings (SSSR count). The Balaban J connectivity index is 0.000000646. The highest BCUT2D eigenvalue weighted by molar-refractivity contribution is 6.30. The Morgan fingerprint density at radius 1 is 1.30 bits per heavy atom. The maximum atomic E-state index is 11.5. The number of hydrogen-bond acceptors (Lipinski definition) is 7. The number of ether oxygens (including phenoxy) is 1. The molecule has 8 nitrogen and oxygen atoms in total. The number of nitrogens with zero attached hydrogens (tertiary/aromatic N) is 2. The minimum atomic E-state index is -4.69. The van der Waals surface area contributed by atoms with Crippen molar-refractivity contribution in [1.82, 2.24) is 4.57 Å². The lowest BCUT2D eigenvalue weighted by Crippen LogP contribution is -2.58. The minimum absolute atomic E-state index is 0.242. The number of halogens is 2. The molecule has 10 heteroatoms. The number of rotatable bonds is 4. The van der Waals surface area contributed by atoms with E-state index in [0.29, 0.717) is 5.02 Å². The quantitative estimate of drug-likeness (QED) is 0.502. The highest BCUT2D eigenvalue weighted by Gasteiger charge is 2.18. The number of aliphatic imine (C=N–C) groups is 1. The van der Waals surface area contributed by atoms with Crippen LogP contribution in [0, 0.1) is 17.2 Å². The lowest BCUT2D eigenvalue weighted by atomic mass is 10.0. The predicted octanol–water partition coefficient (Wildman–Crippen LogP) is -0.954. The summed E-state index contributed by atoms with van der Waals surface area (Å²) in [6.07, 6.45) is 0.242. The second-order valence-electron chi connectivity index (χ2n) is 5.45. The third-order valence-corrected chi connectivity index (χ3v) is 3.89. The van der Waals surface area contributed by atoms with Gasteiger partial charge in [-0.2, -0.15) is 14.0 Å². The highest BCUT2D eigenvalue weighted by Crippen LogP contribution is 2.21. The van der Waals surface area contributed by atoms with Gasteiger partial charge in [0.05, 0.1) is 39.8 Å². The maximum absolute atomic E-state index is 11.5. The molecule has 0 bridgehead atoms. The summed E-state index contributed by atoms with van der Waals surface area (Å²) in [5.74, 6) is -0.256. The van der Waals surface area contributed by atoms with Gasteiger partial charge < -0.3 is 9.30 Å². The zero-order valence-corrected chi connectivity index (χ0v) is 16.7. The van der Waals surface area contributed by atoms with E-state index in [0.717, 1.165) is 28.2 Å². The molecule has 0 aliphatic rings. The fraction of sp³-hybridized carbons (Fsp3) is 0.294. The second kappa shape index (κ2) is 9.84. The van der Waals surface area contributed by atoms with Gasteiger partial charge in [-0.25, -0.2) is 0 Å². The normalized spacial score (nSPS) is 11.7. The Hall–Kier alpha value is -1.94. The van der Waals surface area contributed by atoms with E-state index < -0.39 is 10.2 Å². The maximum Gasteiger partial charge on any atom is 0.311 e. The van der Waals surface area contributed by atoms with Crippen molar-refractivity contribution < 1.29 is 38.4 Å². The molecule has 0 aliphatic carbocycles. The Labute approximate surface area is 164 Å². The Morgan fingerprint density at radius 2 is 1.81 bits per heavy atom. The van der Waals surface area contributed by atoms with Crippen LogP contribution in [0.4, 0.5) is 0 Å². The first kappa shape index (κ1) is 23.1. The summed E-state index contributed by atoms with van der Waals surface area (Å²) < 4.78 is 39.5. The van der Waals surface area contributed by atoms with Gasteiger partial charge in [0.2, 0.25) is 0 Å². The van der Waals surface area contributed by atoms with E-state index in [4.69, 9.17) is 35.0 Å². The summed E-state index contributed by atoms with van der Waals surface area (Å²) in [4.78, 5) is 15.9. The number of aryl methyl sites for hydroxylation is 1. The van der Waals surface area contributed by atoms with Crippen molar-refractivity contribution in [3.63, 3.8) is 0 Å². The highest BCUT2D eigenvalue weighted by atomic mass is 35.7. The molecular weight excluding hydrogens is 399 g/mol. The van der Waals surface area contributed by atoms with Crippen molar-refractivity contribution in [1.29, 1.82) is 0 Å². The van der Waals surface area contributed by atoms with Crippen molar-refractivity contribution in [2.75, 3.05) is 14.2 Å². The van der Waals surface area contributed by atoms with Crippen LogP contribution in [0.25, 0.3) is 0 Å². The van der Waals surface area contributed by atoms with Crippen LogP contribution in [0.3, 0.4) is 0 Å². The molecule has 0 saturated heterocycles. The Kier molecular flexibility index (Phi) is 8.42. The van der Waals surface area contributed by atoms with E-state index in [-0.39, 0.29) is 12.4 Å². The van der Waals surface area contributed by atoms with Crippen molar-refractivity contribution in [2.45, 2.75) is 13.3 Å². The molecule has 0 amide bonds. The number of aromatic nitrogens is 1. The van der Waals surface area contributed by atoms with Gasteiger partial charge in [-0.1, -0.05) is 23.7 Å². The minimum Gasteiger partial charge on any atom is -0.469 e. The van der Waals surface area contributed by atoms with Crippen LogP contribution >= 0.6 is 11.6 Å². The number of carbonyl (C=O) groups excluding carboxylic acids is 1. The van der Waals surface area contributed by atoms with Gasteiger partial charge >= 0.3 is 5.97 Å². The summed E-state index contributed by atoms with van der Waals surface area (Å²) in [5.41, 5.74) is 4.81. The molecule has 2 aromatic rings. The summed E-state index contributed by atoms with van der Waals surface area (Å²) in [6.45, 7) is 2.01. The fourth-order valence-electron chi connectivity index (χ4n) is 2.54. The molecular formula is C17H20Cl2N2O6. The van der Waals surface area contributed by atoms with Crippen LogP contribution in [-0.4, -0.2) is 35.1 Å². The van der Waals surface area contributed by atoms with Gasteiger partial charge in [-0.05, 0) is 30.7 Å². The van der Waals surface area contributed by atoms with Crippen molar-refractivity contribution in [2.24, 2.45) is 12.0 Å². The van der Waals surface area contributed by atoms with E-state index in [1.54, 1.807) is 7.05 Å². The molecule has 0 spiro atoms. The largest absolute Gasteiger partial charge is 0.469 e. The van der Waals surface area contributed by atoms with E-state index in [1.807, 2.05) is 48.9 Å². The van der Waals surface area contributed by atoms with Crippen LogP contribution in [0.5, 0.6) is 0 Å². The van der Waals surface area contributed by atoms with Crippen molar-refractivity contribution >= 4 is 23.3 Å². The lowest BCUT2D eigenvalue weighted by Gasteiger charge is -2.11. The smallest absolute Gasteiger partial charge is 0.311 e. The lowest BCUT2D eigenvalue weighted by molar-refractivity contribution is -1.92. The van der Waals surface area contributed by atoms with Crippen LogP contribution in [0.15, 0.2) is 35.3 Å². The molecule has 0 saturated carbocycles. The van der Waals surface area contributed by atoms with Crippen LogP contribution < -0.4 is 14.0 Å². The average Bonchev–Trinajstić information content (AvgIpc) is 2.83. The topological polar surface area (TPSA) is 133 Å².